The Morgan fingerprint density at radius 1 is 1.16 bits per heavy atom. The molecule has 0 aliphatic carbocycles. The van der Waals surface area contributed by atoms with Gasteiger partial charge in [-0.3, -0.25) is 4.99 Å². The summed E-state index contributed by atoms with van der Waals surface area (Å²) in [6.45, 7) is 9.86. The average molecular weight is 288 g/mol. The molecule has 0 heterocycles. The number of hydrogen-bond acceptors (Lipinski definition) is 3. The third-order valence-electron chi connectivity index (χ3n) is 3.37. The highest BCUT2D eigenvalue weighted by molar-refractivity contribution is 6.38. The lowest BCUT2D eigenvalue weighted by molar-refractivity contribution is -0.0449. The van der Waals surface area contributed by atoms with Crippen molar-refractivity contribution in [1.29, 1.82) is 0 Å². The summed E-state index contributed by atoms with van der Waals surface area (Å²) >= 11 is 0. The molecule has 19 heavy (non-hydrogen) atoms. The van der Waals surface area contributed by atoms with Crippen molar-refractivity contribution in [2.24, 2.45) is 10.9 Å². The van der Waals surface area contributed by atoms with Gasteiger partial charge in [0.05, 0.1) is 9.52 Å². The van der Waals surface area contributed by atoms with Crippen LogP contribution in [0.15, 0.2) is 4.99 Å². The molecule has 0 aromatic rings. The molecule has 0 amide bonds. The summed E-state index contributed by atoms with van der Waals surface area (Å²) in [5.41, 5.74) is 2.08. The smallest absolute Gasteiger partial charge is 0.134 e. The zero-order valence-electron chi connectivity index (χ0n) is 13.7. The van der Waals surface area contributed by atoms with Gasteiger partial charge in [-0.15, -0.1) is 0 Å². The largest absolute Gasteiger partial charge is 0.360 e. The van der Waals surface area contributed by atoms with E-state index >= 15 is 0 Å². The molecule has 1 unspecified atom stereocenters. The third-order valence-corrected chi connectivity index (χ3v) is 5.91. The van der Waals surface area contributed by atoms with Gasteiger partial charge >= 0.3 is 0 Å². The van der Waals surface area contributed by atoms with Gasteiger partial charge in [-0.1, -0.05) is 33.6 Å². The minimum absolute atomic E-state index is 0.0669. The Labute approximate surface area is 122 Å². The summed E-state index contributed by atoms with van der Waals surface area (Å²) in [6.07, 6.45) is 4.84. The van der Waals surface area contributed by atoms with Gasteiger partial charge in [0.15, 0.2) is 0 Å². The SMILES string of the molecule is CCCC(CCN=C(C)CC(C)C)[SiH2]C(OC)OC. The van der Waals surface area contributed by atoms with Crippen molar-refractivity contribution in [3.05, 3.63) is 0 Å². The molecular formula is C15H33NO2Si. The van der Waals surface area contributed by atoms with Crippen molar-refractivity contribution >= 4 is 15.2 Å². The highest BCUT2D eigenvalue weighted by Gasteiger charge is 2.15. The quantitative estimate of drug-likeness (QED) is 0.332. The molecule has 0 aliphatic heterocycles. The lowest BCUT2D eigenvalue weighted by Gasteiger charge is -2.20. The molecule has 3 nitrogen and oxygen atoms in total. The van der Waals surface area contributed by atoms with Crippen molar-refractivity contribution in [1.82, 2.24) is 0 Å². The molecule has 0 saturated carbocycles. The van der Waals surface area contributed by atoms with E-state index in [4.69, 9.17) is 14.5 Å². The highest BCUT2D eigenvalue weighted by atomic mass is 28.2. The first-order chi connectivity index (χ1) is 9.03. The molecule has 0 bridgehead atoms. The van der Waals surface area contributed by atoms with E-state index in [0.717, 1.165) is 18.5 Å². The van der Waals surface area contributed by atoms with Gasteiger partial charge in [0, 0.05) is 26.5 Å². The Kier molecular flexibility index (Phi) is 11.5. The van der Waals surface area contributed by atoms with Crippen LogP contribution >= 0.6 is 0 Å². The average Bonchev–Trinajstić information content (AvgIpc) is 2.34. The Bertz CT molecular complexity index is 240. The molecule has 0 radical (unpaired) electrons. The Morgan fingerprint density at radius 2 is 1.79 bits per heavy atom. The first-order valence-electron chi connectivity index (χ1n) is 7.58. The van der Waals surface area contributed by atoms with E-state index in [0.29, 0.717) is 5.92 Å². The predicted molar refractivity (Wildman–Crippen MR) is 87.1 cm³/mol. The normalized spacial score (nSPS) is 15.1. The van der Waals surface area contributed by atoms with E-state index in [-0.39, 0.29) is 15.4 Å². The van der Waals surface area contributed by atoms with Crippen LogP contribution in [0.4, 0.5) is 0 Å². The summed E-state index contributed by atoms with van der Waals surface area (Å²) in [6, 6.07) is 0. The second-order valence-corrected chi connectivity index (χ2v) is 8.09. The van der Waals surface area contributed by atoms with Gasteiger partial charge in [-0.2, -0.15) is 0 Å². The molecule has 0 saturated heterocycles. The van der Waals surface area contributed by atoms with Crippen LogP contribution in [0.3, 0.4) is 0 Å². The van der Waals surface area contributed by atoms with Crippen molar-refractivity contribution < 1.29 is 9.47 Å². The van der Waals surface area contributed by atoms with Crippen molar-refractivity contribution in [2.75, 3.05) is 20.8 Å². The standard InChI is InChI=1S/C15H33NO2Si/c1-7-8-14(19-15(17-5)18-6)9-10-16-13(4)11-12(2)3/h12,14-15H,7-11,19H2,1-6H3. The summed E-state index contributed by atoms with van der Waals surface area (Å²) in [5.74, 6) is 0.771. The number of rotatable bonds is 11. The first-order valence-corrected chi connectivity index (χ1v) is 9.22. The third kappa shape index (κ3) is 10.3. The number of methoxy groups -OCH3 is 2. The summed E-state index contributed by atoms with van der Waals surface area (Å²) < 4.78 is 10.7. The van der Waals surface area contributed by atoms with Crippen molar-refractivity contribution in [3.63, 3.8) is 0 Å². The molecule has 0 aromatic heterocycles. The van der Waals surface area contributed by atoms with Gasteiger partial charge in [-0.25, -0.2) is 0 Å². The number of hydrogen-bond donors (Lipinski definition) is 0. The zero-order valence-corrected chi connectivity index (χ0v) is 15.2. The fourth-order valence-electron chi connectivity index (χ4n) is 2.44. The van der Waals surface area contributed by atoms with Gasteiger partial charge < -0.3 is 9.47 Å². The van der Waals surface area contributed by atoms with Crippen LogP contribution in [0.25, 0.3) is 0 Å². The number of ether oxygens (including phenoxy) is 2. The topological polar surface area (TPSA) is 30.8 Å². The molecule has 0 aromatic carbocycles. The molecular weight excluding hydrogens is 254 g/mol. The summed E-state index contributed by atoms with van der Waals surface area (Å²) in [5, 5.41) is 0. The van der Waals surface area contributed by atoms with Crippen LogP contribution in [-0.2, 0) is 9.47 Å². The maximum absolute atomic E-state index is 5.36. The van der Waals surface area contributed by atoms with Crippen LogP contribution in [0.2, 0.25) is 5.54 Å². The lowest BCUT2D eigenvalue weighted by Crippen LogP contribution is -2.25. The first kappa shape index (κ1) is 18.8. The fourth-order valence-corrected chi connectivity index (χ4v) is 4.43. The summed E-state index contributed by atoms with van der Waals surface area (Å²) in [7, 11) is 3.14. The van der Waals surface area contributed by atoms with E-state index < -0.39 is 0 Å². The monoisotopic (exact) mass is 287 g/mol. The Balaban J connectivity index is 4.13. The fraction of sp³-hybridized carbons (Fsp3) is 0.933. The van der Waals surface area contributed by atoms with E-state index in [9.17, 15) is 0 Å². The van der Waals surface area contributed by atoms with Crippen LogP contribution in [0, 0.1) is 5.92 Å². The van der Waals surface area contributed by atoms with Crippen LogP contribution in [0.1, 0.15) is 53.4 Å². The minimum Gasteiger partial charge on any atom is -0.360 e. The van der Waals surface area contributed by atoms with E-state index in [1.807, 2.05) is 0 Å². The Hall–Kier alpha value is -0.193. The molecule has 4 heteroatoms. The maximum Gasteiger partial charge on any atom is 0.134 e. The van der Waals surface area contributed by atoms with E-state index in [2.05, 4.69) is 27.7 Å². The zero-order chi connectivity index (χ0) is 14.7. The molecule has 0 N–H and O–H groups in total. The van der Waals surface area contributed by atoms with Crippen LogP contribution in [-0.4, -0.2) is 41.9 Å². The molecule has 1 atom stereocenters. The van der Waals surface area contributed by atoms with Gasteiger partial charge in [0.1, 0.15) is 5.91 Å². The van der Waals surface area contributed by atoms with Gasteiger partial charge in [-0.05, 0) is 31.2 Å². The molecule has 0 rings (SSSR count). The molecule has 0 fully saturated rings. The highest BCUT2D eigenvalue weighted by Crippen LogP contribution is 2.19. The molecule has 114 valence electrons. The molecule has 0 spiro atoms. The van der Waals surface area contributed by atoms with Crippen LogP contribution in [0.5, 0.6) is 0 Å². The maximum atomic E-state index is 5.36. The predicted octanol–water partition coefficient (Wildman–Crippen LogP) is 3.22. The van der Waals surface area contributed by atoms with Crippen LogP contribution < -0.4 is 0 Å². The second-order valence-electron chi connectivity index (χ2n) is 5.80. The van der Waals surface area contributed by atoms with Crippen molar-refractivity contribution in [3.8, 4) is 0 Å². The minimum atomic E-state index is -0.352. The lowest BCUT2D eigenvalue weighted by atomic mass is 10.1. The number of aliphatic imine (C=N–C) groups is 1. The Morgan fingerprint density at radius 3 is 2.26 bits per heavy atom. The summed E-state index contributed by atoms with van der Waals surface area (Å²) in [4.78, 5) is 4.70. The van der Waals surface area contributed by atoms with E-state index in [1.165, 1.54) is 25.0 Å². The second kappa shape index (κ2) is 11.6. The van der Waals surface area contributed by atoms with E-state index in [1.54, 1.807) is 14.2 Å². The number of nitrogens with zero attached hydrogens (tertiary/aromatic N) is 1. The van der Waals surface area contributed by atoms with Crippen molar-refractivity contribution in [2.45, 2.75) is 64.8 Å². The molecule has 0 aliphatic rings. The van der Waals surface area contributed by atoms with Gasteiger partial charge in [0.25, 0.3) is 0 Å². The van der Waals surface area contributed by atoms with Gasteiger partial charge in [0.2, 0.25) is 0 Å².